The minimum Gasteiger partial charge on any atom is -0.481 e. The molecule has 0 spiro atoms. The third kappa shape index (κ3) is 35.7. The number of unbranched alkanes of at least 4 members (excludes halogenated alkanes) is 15. The van der Waals surface area contributed by atoms with Gasteiger partial charge in [0, 0.05) is 6.42 Å². The Balaban J connectivity index is 0. The molecule has 33 heavy (non-hydrogen) atoms. The summed E-state index contributed by atoms with van der Waals surface area (Å²) in [5.74, 6) is -0.711. The van der Waals surface area contributed by atoms with E-state index in [1.165, 1.54) is 89.9 Å². The normalized spacial score (nSPS) is 11.8. The van der Waals surface area contributed by atoms with Gasteiger partial charge in [-0.05, 0) is 18.8 Å². The van der Waals surface area contributed by atoms with Gasteiger partial charge in [-0.25, -0.2) is 0 Å². The van der Waals surface area contributed by atoms with Crippen LogP contribution in [0.3, 0.4) is 0 Å². The average molecular weight is 473 g/mol. The molecule has 198 valence electrons. The number of rotatable bonds is 23. The second kappa shape index (κ2) is 27.1. The maximum absolute atomic E-state index is 10.3. The molecule has 1 unspecified atom stereocenters. The van der Waals surface area contributed by atoms with E-state index in [1.54, 1.807) is 0 Å². The van der Waals surface area contributed by atoms with Crippen molar-refractivity contribution >= 4 is 11.9 Å². The molecule has 0 heterocycles. The summed E-state index contributed by atoms with van der Waals surface area (Å²) in [6, 6.07) is 0. The van der Waals surface area contributed by atoms with Crippen molar-refractivity contribution in [1.82, 2.24) is 0 Å². The second-order valence-corrected chi connectivity index (χ2v) is 10.0. The number of hydrogen-bond donors (Lipinski definition) is 3. The van der Waals surface area contributed by atoms with E-state index in [0.717, 1.165) is 31.6 Å². The maximum atomic E-state index is 10.3. The van der Waals surface area contributed by atoms with Crippen molar-refractivity contribution in [1.29, 1.82) is 0 Å². The number of hydrogen-bond acceptors (Lipinski definition) is 3. The Labute approximate surface area is 204 Å². The SMILES string of the molecule is CC(C)CCCCCCCCCCCCC(=O)O.CCCCCCCCCC(O)CC(=O)O. The van der Waals surface area contributed by atoms with Gasteiger partial charge >= 0.3 is 11.9 Å². The molecular weight excluding hydrogens is 416 g/mol. The molecule has 0 saturated heterocycles. The summed E-state index contributed by atoms with van der Waals surface area (Å²) in [4.78, 5) is 20.6. The van der Waals surface area contributed by atoms with Crippen LogP contribution in [0.2, 0.25) is 0 Å². The lowest BCUT2D eigenvalue weighted by molar-refractivity contribution is -0.139. The van der Waals surface area contributed by atoms with Crippen molar-refractivity contribution in [3.05, 3.63) is 0 Å². The maximum Gasteiger partial charge on any atom is 0.305 e. The first kappa shape index (κ1) is 34.1. The fourth-order valence-corrected chi connectivity index (χ4v) is 3.88. The molecular formula is C28H56O5. The predicted octanol–water partition coefficient (Wildman–Crippen LogP) is 8.37. The quantitative estimate of drug-likeness (QED) is 0.130. The van der Waals surface area contributed by atoms with E-state index in [-0.39, 0.29) is 6.42 Å². The molecule has 0 aliphatic rings. The van der Waals surface area contributed by atoms with Crippen LogP contribution in [0.4, 0.5) is 0 Å². The van der Waals surface area contributed by atoms with Gasteiger partial charge in [0.15, 0.2) is 0 Å². The Kier molecular flexibility index (Phi) is 28.0. The fraction of sp³-hybridized carbons (Fsp3) is 0.929. The summed E-state index contributed by atoms with van der Waals surface area (Å²) in [7, 11) is 0. The summed E-state index contributed by atoms with van der Waals surface area (Å²) >= 11 is 0. The molecule has 0 saturated carbocycles. The fourth-order valence-electron chi connectivity index (χ4n) is 3.88. The van der Waals surface area contributed by atoms with Gasteiger partial charge in [-0.1, -0.05) is 130 Å². The number of aliphatic hydroxyl groups excluding tert-OH is 1. The predicted molar refractivity (Wildman–Crippen MR) is 139 cm³/mol. The largest absolute Gasteiger partial charge is 0.481 e. The summed E-state index contributed by atoms with van der Waals surface area (Å²) in [5.41, 5.74) is 0. The lowest BCUT2D eigenvalue weighted by Gasteiger charge is -2.06. The number of carboxylic acids is 2. The van der Waals surface area contributed by atoms with Crippen LogP contribution in [0, 0.1) is 5.92 Å². The Bertz CT molecular complexity index is 423. The van der Waals surface area contributed by atoms with Crippen molar-refractivity contribution < 1.29 is 24.9 Å². The highest BCUT2D eigenvalue weighted by atomic mass is 16.4. The van der Waals surface area contributed by atoms with Crippen LogP contribution in [-0.4, -0.2) is 33.4 Å². The van der Waals surface area contributed by atoms with Gasteiger partial charge in [-0.15, -0.1) is 0 Å². The van der Waals surface area contributed by atoms with Gasteiger partial charge < -0.3 is 15.3 Å². The van der Waals surface area contributed by atoms with Gasteiger partial charge in [0.1, 0.15) is 0 Å². The average Bonchev–Trinajstić information content (AvgIpc) is 2.73. The van der Waals surface area contributed by atoms with E-state index in [0.29, 0.717) is 12.8 Å². The van der Waals surface area contributed by atoms with E-state index in [4.69, 9.17) is 10.2 Å². The lowest BCUT2D eigenvalue weighted by atomic mass is 10.0. The molecule has 0 aromatic carbocycles. The molecule has 3 N–H and O–H groups in total. The molecule has 0 aliphatic carbocycles. The summed E-state index contributed by atoms with van der Waals surface area (Å²) < 4.78 is 0. The first-order valence-corrected chi connectivity index (χ1v) is 13.9. The highest BCUT2D eigenvalue weighted by molar-refractivity contribution is 5.67. The molecule has 5 nitrogen and oxygen atoms in total. The third-order valence-electron chi connectivity index (χ3n) is 5.97. The van der Waals surface area contributed by atoms with Gasteiger partial charge in [-0.3, -0.25) is 9.59 Å². The number of aliphatic hydroxyl groups is 1. The van der Waals surface area contributed by atoms with Crippen LogP contribution in [0.5, 0.6) is 0 Å². The van der Waals surface area contributed by atoms with E-state index >= 15 is 0 Å². The molecule has 0 amide bonds. The minimum absolute atomic E-state index is 0.115. The van der Waals surface area contributed by atoms with Crippen LogP contribution in [-0.2, 0) is 9.59 Å². The van der Waals surface area contributed by atoms with Crippen LogP contribution >= 0.6 is 0 Å². The summed E-state index contributed by atoms with van der Waals surface area (Å²) in [6.45, 7) is 6.79. The molecule has 0 aromatic rings. The third-order valence-corrected chi connectivity index (χ3v) is 5.97. The van der Waals surface area contributed by atoms with Gasteiger partial charge in [0.25, 0.3) is 0 Å². The lowest BCUT2D eigenvalue weighted by Crippen LogP contribution is -2.12. The standard InChI is InChI=1S/C16H32O2.C12H24O3/c1-15(2)13-11-9-7-5-3-4-6-8-10-12-14-16(17)18;1-2-3-4-5-6-7-8-9-11(13)10-12(14)15/h15H,3-14H2,1-2H3,(H,17,18);11,13H,2-10H2,1H3,(H,14,15). The number of carboxylic acid groups (broad SMARTS) is 2. The van der Waals surface area contributed by atoms with Crippen molar-refractivity contribution in [3.8, 4) is 0 Å². The molecule has 0 aliphatic heterocycles. The second-order valence-electron chi connectivity index (χ2n) is 10.0. The van der Waals surface area contributed by atoms with E-state index in [1.807, 2.05) is 0 Å². The molecule has 5 heteroatoms. The zero-order chi connectivity index (χ0) is 25.2. The Hall–Kier alpha value is -1.10. The van der Waals surface area contributed by atoms with Gasteiger partial charge in [0.2, 0.25) is 0 Å². The van der Waals surface area contributed by atoms with Crippen LogP contribution in [0.15, 0.2) is 0 Å². The van der Waals surface area contributed by atoms with E-state index in [9.17, 15) is 14.7 Å². The van der Waals surface area contributed by atoms with Gasteiger partial charge in [-0.2, -0.15) is 0 Å². The smallest absolute Gasteiger partial charge is 0.305 e. The van der Waals surface area contributed by atoms with E-state index < -0.39 is 18.0 Å². The van der Waals surface area contributed by atoms with Crippen molar-refractivity contribution in [2.75, 3.05) is 0 Å². The number of carbonyl (C=O) groups is 2. The number of aliphatic carboxylic acids is 2. The van der Waals surface area contributed by atoms with E-state index in [2.05, 4.69) is 20.8 Å². The molecule has 0 aromatic heterocycles. The zero-order valence-electron chi connectivity index (χ0n) is 22.2. The van der Waals surface area contributed by atoms with Crippen LogP contribution in [0.1, 0.15) is 156 Å². The highest BCUT2D eigenvalue weighted by Crippen LogP contribution is 2.14. The Morgan fingerprint density at radius 3 is 1.36 bits per heavy atom. The molecule has 0 fully saturated rings. The monoisotopic (exact) mass is 472 g/mol. The molecule has 0 radical (unpaired) electrons. The summed E-state index contributed by atoms with van der Waals surface area (Å²) in [6.07, 6.45) is 22.7. The molecule has 1 atom stereocenters. The minimum atomic E-state index is -0.912. The Morgan fingerprint density at radius 1 is 0.576 bits per heavy atom. The summed E-state index contributed by atoms with van der Waals surface area (Å²) in [5, 5.41) is 26.2. The first-order chi connectivity index (χ1) is 15.8. The van der Waals surface area contributed by atoms with Crippen molar-refractivity contribution in [3.63, 3.8) is 0 Å². The Morgan fingerprint density at radius 2 is 0.970 bits per heavy atom. The molecule has 0 bridgehead atoms. The van der Waals surface area contributed by atoms with Crippen LogP contribution < -0.4 is 0 Å². The molecule has 0 rings (SSSR count). The topological polar surface area (TPSA) is 94.8 Å². The van der Waals surface area contributed by atoms with Crippen LogP contribution in [0.25, 0.3) is 0 Å². The van der Waals surface area contributed by atoms with Gasteiger partial charge in [0.05, 0.1) is 12.5 Å². The van der Waals surface area contributed by atoms with Crippen molar-refractivity contribution in [2.24, 2.45) is 5.92 Å². The zero-order valence-corrected chi connectivity index (χ0v) is 22.2. The highest BCUT2D eigenvalue weighted by Gasteiger charge is 2.08. The van der Waals surface area contributed by atoms with Crippen molar-refractivity contribution in [2.45, 2.75) is 162 Å². The first-order valence-electron chi connectivity index (χ1n) is 13.9.